The zero-order valence-corrected chi connectivity index (χ0v) is 16.3. The van der Waals surface area contributed by atoms with E-state index in [1.807, 2.05) is 0 Å². The van der Waals surface area contributed by atoms with Crippen LogP contribution in [-0.2, 0) is 17.6 Å². The highest BCUT2D eigenvalue weighted by Gasteiger charge is 2.38. The Bertz CT molecular complexity index is 693. The molecule has 3 heterocycles. The van der Waals surface area contributed by atoms with E-state index in [9.17, 15) is 4.79 Å². The van der Waals surface area contributed by atoms with Crippen LogP contribution >= 0.6 is 0 Å². The second-order valence-electron chi connectivity index (χ2n) is 9.19. The van der Waals surface area contributed by atoms with Crippen LogP contribution in [-0.4, -0.2) is 64.2 Å². The summed E-state index contributed by atoms with van der Waals surface area (Å²) in [6, 6.07) is 0.885. The van der Waals surface area contributed by atoms with Crippen molar-refractivity contribution in [3.63, 3.8) is 0 Å². The Morgan fingerprint density at radius 1 is 1.07 bits per heavy atom. The molecule has 148 valence electrons. The van der Waals surface area contributed by atoms with Gasteiger partial charge in [0.15, 0.2) is 0 Å². The fourth-order valence-corrected chi connectivity index (χ4v) is 5.17. The molecule has 1 saturated heterocycles. The number of nitrogens with one attached hydrogen (secondary N) is 1. The van der Waals surface area contributed by atoms with E-state index >= 15 is 0 Å². The number of aromatic nitrogens is 2. The molecule has 1 aromatic rings. The van der Waals surface area contributed by atoms with Crippen LogP contribution in [0.25, 0.3) is 0 Å². The third kappa shape index (κ3) is 3.66. The number of hydrogen-bond donors (Lipinski definition) is 2. The standard InChI is InChI=1S/C21H33N5O/c22-12-17-6-5-16(26(17)13-14-1-2-14)11-20(27)25-9-7-18-19(8-10-25)23-24-21(18)15-3-4-15/h14-17H,1-13,22H2,(H,23,24)/t16-,17+/m0/s1. The van der Waals surface area contributed by atoms with Crippen LogP contribution in [0.4, 0.5) is 0 Å². The first-order valence-corrected chi connectivity index (χ1v) is 11.0. The van der Waals surface area contributed by atoms with Crippen molar-refractivity contribution in [3.05, 3.63) is 17.0 Å². The number of H-pyrrole nitrogens is 1. The highest BCUT2D eigenvalue weighted by molar-refractivity contribution is 5.77. The molecule has 3 fully saturated rings. The van der Waals surface area contributed by atoms with Crippen LogP contribution in [0, 0.1) is 5.92 Å². The zero-order valence-electron chi connectivity index (χ0n) is 16.3. The number of fused-ring (bicyclic) bond motifs is 1. The van der Waals surface area contributed by atoms with E-state index in [1.54, 1.807) is 0 Å². The molecule has 0 spiro atoms. The Kier molecular flexibility index (Phi) is 4.72. The molecule has 2 aliphatic heterocycles. The third-order valence-corrected chi connectivity index (χ3v) is 7.18. The first-order chi connectivity index (χ1) is 13.2. The molecule has 0 unspecified atom stereocenters. The topological polar surface area (TPSA) is 78.2 Å². The monoisotopic (exact) mass is 371 g/mol. The lowest BCUT2D eigenvalue weighted by molar-refractivity contribution is -0.132. The lowest BCUT2D eigenvalue weighted by atomic mass is 10.1. The molecule has 6 heteroatoms. The van der Waals surface area contributed by atoms with Crippen LogP contribution in [0.3, 0.4) is 0 Å². The van der Waals surface area contributed by atoms with Gasteiger partial charge < -0.3 is 10.6 Å². The normalized spacial score (nSPS) is 29.0. The Morgan fingerprint density at radius 2 is 1.85 bits per heavy atom. The van der Waals surface area contributed by atoms with Gasteiger partial charge in [0.05, 0.1) is 5.69 Å². The van der Waals surface area contributed by atoms with Crippen molar-refractivity contribution in [1.82, 2.24) is 20.0 Å². The van der Waals surface area contributed by atoms with Crippen molar-refractivity contribution in [1.29, 1.82) is 0 Å². The molecule has 2 atom stereocenters. The van der Waals surface area contributed by atoms with Crippen LogP contribution in [0.1, 0.15) is 67.8 Å². The van der Waals surface area contributed by atoms with E-state index in [-0.39, 0.29) is 0 Å². The number of aromatic amines is 1. The summed E-state index contributed by atoms with van der Waals surface area (Å²) in [4.78, 5) is 17.8. The number of rotatable bonds is 6. The van der Waals surface area contributed by atoms with Crippen LogP contribution in [0.2, 0.25) is 0 Å². The van der Waals surface area contributed by atoms with Gasteiger partial charge >= 0.3 is 0 Å². The molecule has 1 amide bonds. The first kappa shape index (κ1) is 17.7. The van der Waals surface area contributed by atoms with Crippen molar-refractivity contribution < 1.29 is 4.79 Å². The van der Waals surface area contributed by atoms with E-state index in [0.29, 0.717) is 30.3 Å². The van der Waals surface area contributed by atoms with Crippen LogP contribution < -0.4 is 5.73 Å². The van der Waals surface area contributed by atoms with Crippen LogP contribution in [0.5, 0.6) is 0 Å². The summed E-state index contributed by atoms with van der Waals surface area (Å²) in [6.45, 7) is 3.56. The molecule has 5 rings (SSSR count). The van der Waals surface area contributed by atoms with Crippen molar-refractivity contribution in [3.8, 4) is 0 Å². The number of nitrogens with zero attached hydrogens (tertiary/aromatic N) is 3. The number of nitrogens with two attached hydrogens (primary N) is 1. The summed E-state index contributed by atoms with van der Waals surface area (Å²) in [6.07, 6.45) is 10.1. The van der Waals surface area contributed by atoms with Gasteiger partial charge in [0.25, 0.3) is 0 Å². The molecule has 1 aromatic heterocycles. The molecule has 6 nitrogen and oxygen atoms in total. The number of hydrogen-bond acceptors (Lipinski definition) is 4. The fraction of sp³-hybridized carbons (Fsp3) is 0.810. The molecular formula is C21H33N5O. The Balaban J connectivity index is 1.21. The summed E-state index contributed by atoms with van der Waals surface area (Å²) >= 11 is 0. The minimum absolute atomic E-state index is 0.338. The molecule has 0 radical (unpaired) electrons. The number of amides is 1. The van der Waals surface area contributed by atoms with E-state index in [0.717, 1.165) is 57.8 Å². The van der Waals surface area contributed by atoms with E-state index in [4.69, 9.17) is 5.73 Å². The predicted octanol–water partition coefficient (Wildman–Crippen LogP) is 1.81. The predicted molar refractivity (Wildman–Crippen MR) is 104 cm³/mol. The van der Waals surface area contributed by atoms with Gasteiger partial charge in [-0.2, -0.15) is 5.10 Å². The van der Waals surface area contributed by atoms with Gasteiger partial charge in [-0.25, -0.2) is 0 Å². The summed E-state index contributed by atoms with van der Waals surface area (Å²) in [5.41, 5.74) is 9.98. The van der Waals surface area contributed by atoms with Crippen molar-refractivity contribution in [2.45, 2.75) is 75.8 Å². The fourth-order valence-electron chi connectivity index (χ4n) is 5.17. The molecule has 3 N–H and O–H groups in total. The second kappa shape index (κ2) is 7.21. The Hall–Kier alpha value is -1.40. The van der Waals surface area contributed by atoms with Crippen LogP contribution in [0.15, 0.2) is 0 Å². The minimum atomic E-state index is 0.338. The van der Waals surface area contributed by atoms with Gasteiger partial charge in [-0.05, 0) is 56.4 Å². The second-order valence-corrected chi connectivity index (χ2v) is 9.19. The maximum absolute atomic E-state index is 13.1. The summed E-state index contributed by atoms with van der Waals surface area (Å²) < 4.78 is 0. The average molecular weight is 372 g/mol. The number of carbonyl (C=O) groups is 1. The van der Waals surface area contributed by atoms with Crippen molar-refractivity contribution in [2.24, 2.45) is 11.7 Å². The highest BCUT2D eigenvalue weighted by Crippen LogP contribution is 2.42. The smallest absolute Gasteiger partial charge is 0.224 e. The molecule has 2 saturated carbocycles. The highest BCUT2D eigenvalue weighted by atomic mass is 16.2. The molecule has 4 aliphatic rings. The maximum Gasteiger partial charge on any atom is 0.224 e. The van der Waals surface area contributed by atoms with Crippen molar-refractivity contribution in [2.75, 3.05) is 26.2 Å². The summed E-state index contributed by atoms with van der Waals surface area (Å²) in [5.74, 6) is 1.87. The van der Waals surface area contributed by atoms with E-state index in [1.165, 1.54) is 42.6 Å². The molecule has 2 aliphatic carbocycles. The number of carbonyl (C=O) groups excluding carboxylic acids is 1. The maximum atomic E-state index is 13.1. The van der Waals surface area contributed by atoms with Gasteiger partial charge in [0, 0.05) is 62.7 Å². The lowest BCUT2D eigenvalue weighted by Crippen LogP contribution is -2.44. The Labute approximate surface area is 161 Å². The quantitative estimate of drug-likeness (QED) is 0.799. The zero-order chi connectivity index (χ0) is 18.4. The Morgan fingerprint density at radius 3 is 2.59 bits per heavy atom. The third-order valence-electron chi connectivity index (χ3n) is 7.18. The van der Waals surface area contributed by atoms with Crippen molar-refractivity contribution >= 4 is 5.91 Å². The van der Waals surface area contributed by atoms with Gasteiger partial charge in [0.1, 0.15) is 0 Å². The van der Waals surface area contributed by atoms with E-state index < -0.39 is 0 Å². The minimum Gasteiger partial charge on any atom is -0.342 e. The molecular weight excluding hydrogens is 338 g/mol. The molecule has 0 bridgehead atoms. The van der Waals surface area contributed by atoms with Gasteiger partial charge in [0.2, 0.25) is 5.91 Å². The first-order valence-electron chi connectivity index (χ1n) is 11.0. The van der Waals surface area contributed by atoms with E-state index in [2.05, 4.69) is 20.0 Å². The summed E-state index contributed by atoms with van der Waals surface area (Å²) in [5, 5.41) is 7.83. The van der Waals surface area contributed by atoms with Gasteiger partial charge in [-0.1, -0.05) is 0 Å². The van der Waals surface area contributed by atoms with Gasteiger partial charge in [-0.15, -0.1) is 0 Å². The largest absolute Gasteiger partial charge is 0.342 e. The average Bonchev–Trinajstić information content (AvgIpc) is 3.59. The number of likely N-dealkylation sites (tertiary alicyclic amines) is 1. The lowest BCUT2D eigenvalue weighted by Gasteiger charge is -2.31. The SMILES string of the molecule is NC[C@H]1CC[C@@H](CC(=O)N2CCc3[nH]nc(C4CC4)c3CC2)N1CC1CC1. The van der Waals surface area contributed by atoms with Gasteiger partial charge in [-0.3, -0.25) is 14.8 Å². The molecule has 0 aromatic carbocycles. The summed E-state index contributed by atoms with van der Waals surface area (Å²) in [7, 11) is 0. The molecule has 27 heavy (non-hydrogen) atoms.